The molecule has 3 aliphatic heterocycles. The number of nitrogen functional groups attached to an aromatic ring is 1. The maximum Gasteiger partial charge on any atom is 0.342 e. The maximum atomic E-state index is 13.2. The van der Waals surface area contributed by atoms with Crippen molar-refractivity contribution in [3.05, 3.63) is 82.9 Å². The second-order valence-corrected chi connectivity index (χ2v) is 7.78. The van der Waals surface area contributed by atoms with Gasteiger partial charge in [-0.1, -0.05) is 36.4 Å². The smallest absolute Gasteiger partial charge is 0.342 e. The molecule has 0 unspecified atom stereocenters. The van der Waals surface area contributed by atoms with Crippen LogP contribution in [0.5, 0.6) is 11.5 Å². The number of fused-ring (bicyclic) bond motifs is 6. The van der Waals surface area contributed by atoms with Crippen molar-refractivity contribution < 1.29 is 14.3 Å². The molecule has 1 saturated heterocycles. The Labute approximate surface area is 168 Å². The summed E-state index contributed by atoms with van der Waals surface area (Å²) in [6, 6.07) is 19.4. The van der Waals surface area contributed by atoms with Crippen molar-refractivity contribution in [3.63, 3.8) is 0 Å². The number of ether oxygens (including phenoxy) is 2. The van der Waals surface area contributed by atoms with Gasteiger partial charge in [-0.25, -0.2) is 4.79 Å². The molecule has 5 heteroatoms. The molecule has 3 aliphatic rings. The number of hydrogen-bond donors (Lipinski definition) is 1. The molecular formula is C24H20N2O3. The Hall–Kier alpha value is -3.47. The number of esters is 1. The summed E-state index contributed by atoms with van der Waals surface area (Å²) in [5, 5.41) is 0. The van der Waals surface area contributed by atoms with Gasteiger partial charge in [-0.15, -0.1) is 0 Å². The molecule has 6 rings (SSSR count). The second-order valence-electron chi connectivity index (χ2n) is 7.78. The number of para-hydroxylation sites is 2. The van der Waals surface area contributed by atoms with Crippen molar-refractivity contribution in [2.45, 2.75) is 18.4 Å². The van der Waals surface area contributed by atoms with E-state index in [0.717, 1.165) is 48.3 Å². The number of benzene rings is 3. The summed E-state index contributed by atoms with van der Waals surface area (Å²) in [7, 11) is 0. The van der Waals surface area contributed by atoms with E-state index >= 15 is 0 Å². The zero-order chi connectivity index (χ0) is 19.6. The monoisotopic (exact) mass is 384 g/mol. The van der Waals surface area contributed by atoms with Crippen LogP contribution in [0, 0.1) is 0 Å². The molecule has 0 saturated carbocycles. The van der Waals surface area contributed by atoms with Crippen molar-refractivity contribution >= 4 is 17.3 Å². The summed E-state index contributed by atoms with van der Waals surface area (Å²) in [6.07, 6.45) is 2.27. The van der Waals surface area contributed by atoms with Gasteiger partial charge in [0, 0.05) is 41.2 Å². The van der Waals surface area contributed by atoms with Crippen LogP contribution < -0.4 is 15.4 Å². The zero-order valence-corrected chi connectivity index (χ0v) is 15.9. The van der Waals surface area contributed by atoms with Gasteiger partial charge in [0.05, 0.1) is 5.56 Å². The van der Waals surface area contributed by atoms with E-state index in [9.17, 15) is 4.79 Å². The summed E-state index contributed by atoms with van der Waals surface area (Å²) in [5.74, 6) is 1.01. The van der Waals surface area contributed by atoms with Crippen LogP contribution in [0.4, 0.5) is 11.4 Å². The van der Waals surface area contributed by atoms with Gasteiger partial charge in [0.15, 0.2) is 5.60 Å². The van der Waals surface area contributed by atoms with Crippen LogP contribution in [0.1, 0.15) is 39.9 Å². The van der Waals surface area contributed by atoms with E-state index in [1.54, 1.807) is 0 Å². The fourth-order valence-corrected chi connectivity index (χ4v) is 4.98. The normalized spacial score (nSPS) is 18.1. The molecule has 144 valence electrons. The average molecular weight is 384 g/mol. The standard InChI is InChI=1S/C24H20N2O3/c25-17-11-12-18(26-13-5-6-14-26)22-21(17)23(27)29-24(22)15-7-1-3-9-19(15)28-20-10-4-2-8-16(20)24/h1-4,7-12H,5-6,13-14,25H2. The van der Waals surface area contributed by atoms with Crippen molar-refractivity contribution in [1.82, 2.24) is 0 Å². The number of hydrogen-bond acceptors (Lipinski definition) is 5. The Morgan fingerprint density at radius 1 is 0.862 bits per heavy atom. The Kier molecular flexibility index (Phi) is 3.28. The van der Waals surface area contributed by atoms with Crippen LogP contribution in [-0.4, -0.2) is 19.1 Å². The first-order valence-corrected chi connectivity index (χ1v) is 9.98. The molecule has 5 nitrogen and oxygen atoms in total. The Morgan fingerprint density at radius 3 is 2.14 bits per heavy atom. The number of rotatable bonds is 1. The lowest BCUT2D eigenvalue weighted by Gasteiger charge is -2.38. The molecule has 29 heavy (non-hydrogen) atoms. The fraction of sp³-hybridized carbons (Fsp3) is 0.208. The topological polar surface area (TPSA) is 64.8 Å². The molecule has 3 heterocycles. The number of carbonyl (C=O) groups excluding carboxylic acids is 1. The lowest BCUT2D eigenvalue weighted by atomic mass is 9.76. The summed E-state index contributed by atoms with van der Waals surface area (Å²) in [4.78, 5) is 15.5. The van der Waals surface area contributed by atoms with Crippen molar-refractivity contribution in [2.24, 2.45) is 0 Å². The first-order chi connectivity index (χ1) is 14.2. The van der Waals surface area contributed by atoms with Crippen LogP contribution in [-0.2, 0) is 10.3 Å². The molecule has 0 bridgehead atoms. The van der Waals surface area contributed by atoms with Gasteiger partial charge in [-0.05, 0) is 37.1 Å². The number of anilines is 2. The highest BCUT2D eigenvalue weighted by atomic mass is 16.6. The Bertz CT molecular complexity index is 1120. The third kappa shape index (κ3) is 2.07. The number of carbonyl (C=O) groups is 1. The molecule has 3 aromatic carbocycles. The lowest BCUT2D eigenvalue weighted by molar-refractivity contribution is 0.0226. The third-order valence-electron chi connectivity index (χ3n) is 6.22. The van der Waals surface area contributed by atoms with Gasteiger partial charge >= 0.3 is 5.97 Å². The van der Waals surface area contributed by atoms with Gasteiger partial charge in [-0.3, -0.25) is 0 Å². The van der Waals surface area contributed by atoms with Crippen LogP contribution in [0.2, 0.25) is 0 Å². The van der Waals surface area contributed by atoms with Crippen LogP contribution >= 0.6 is 0 Å². The van der Waals surface area contributed by atoms with Crippen LogP contribution in [0.3, 0.4) is 0 Å². The number of nitrogens with zero attached hydrogens (tertiary/aromatic N) is 1. The molecule has 0 aromatic heterocycles. The molecule has 1 spiro atoms. The minimum absolute atomic E-state index is 0.384. The van der Waals surface area contributed by atoms with E-state index in [2.05, 4.69) is 4.90 Å². The van der Waals surface area contributed by atoms with Crippen molar-refractivity contribution in [1.29, 1.82) is 0 Å². The predicted octanol–water partition coefficient (Wildman–Crippen LogP) is 4.44. The summed E-state index contributed by atoms with van der Waals surface area (Å²) in [6.45, 7) is 1.92. The third-order valence-corrected chi connectivity index (χ3v) is 6.22. The second kappa shape index (κ2) is 5.77. The minimum atomic E-state index is -1.06. The van der Waals surface area contributed by atoms with E-state index in [0.29, 0.717) is 22.7 Å². The van der Waals surface area contributed by atoms with Crippen molar-refractivity contribution in [2.75, 3.05) is 23.7 Å². The average Bonchev–Trinajstić information content (AvgIpc) is 3.37. The first kappa shape index (κ1) is 16.5. The van der Waals surface area contributed by atoms with E-state index in [1.807, 2.05) is 60.7 Å². The highest BCUT2D eigenvalue weighted by molar-refractivity contribution is 6.04. The van der Waals surface area contributed by atoms with Gasteiger partial charge in [-0.2, -0.15) is 0 Å². The first-order valence-electron chi connectivity index (χ1n) is 9.98. The maximum absolute atomic E-state index is 13.2. The molecular weight excluding hydrogens is 364 g/mol. The van der Waals surface area contributed by atoms with E-state index < -0.39 is 5.60 Å². The van der Waals surface area contributed by atoms with Crippen LogP contribution in [0.15, 0.2) is 60.7 Å². The lowest BCUT2D eigenvalue weighted by Crippen LogP contribution is -2.34. The van der Waals surface area contributed by atoms with Gasteiger partial charge in [0.2, 0.25) is 0 Å². The molecule has 0 atom stereocenters. The van der Waals surface area contributed by atoms with Gasteiger partial charge in [0.25, 0.3) is 0 Å². The van der Waals surface area contributed by atoms with Gasteiger partial charge < -0.3 is 20.1 Å². The summed E-state index contributed by atoms with van der Waals surface area (Å²) >= 11 is 0. The Balaban J connectivity index is 1.75. The summed E-state index contributed by atoms with van der Waals surface area (Å²) in [5.41, 5.74) is 9.69. The molecule has 0 amide bonds. The molecule has 3 aromatic rings. The fourth-order valence-electron chi connectivity index (χ4n) is 4.98. The van der Waals surface area contributed by atoms with Crippen molar-refractivity contribution in [3.8, 4) is 11.5 Å². The zero-order valence-electron chi connectivity index (χ0n) is 15.9. The Morgan fingerprint density at radius 2 is 1.48 bits per heavy atom. The van der Waals surface area contributed by atoms with Crippen LogP contribution in [0.25, 0.3) is 0 Å². The van der Waals surface area contributed by atoms with E-state index in [4.69, 9.17) is 15.2 Å². The van der Waals surface area contributed by atoms with E-state index in [-0.39, 0.29) is 5.97 Å². The molecule has 0 radical (unpaired) electrons. The molecule has 2 N–H and O–H groups in total. The summed E-state index contributed by atoms with van der Waals surface area (Å²) < 4.78 is 12.4. The predicted molar refractivity (Wildman–Crippen MR) is 111 cm³/mol. The van der Waals surface area contributed by atoms with Gasteiger partial charge in [0.1, 0.15) is 11.5 Å². The minimum Gasteiger partial charge on any atom is -0.456 e. The molecule has 1 fully saturated rings. The largest absolute Gasteiger partial charge is 0.456 e. The highest BCUT2D eigenvalue weighted by Gasteiger charge is 2.55. The quantitative estimate of drug-likeness (QED) is 0.496. The highest BCUT2D eigenvalue weighted by Crippen LogP contribution is 2.58. The molecule has 0 aliphatic carbocycles. The SMILES string of the molecule is Nc1ccc(N2CCCC2)c2c1C(=O)OC21c2ccccc2Oc2ccccc21. The van der Waals surface area contributed by atoms with E-state index in [1.165, 1.54) is 0 Å². The number of nitrogens with two attached hydrogens (primary N) is 1.